The number of imidazole rings is 1. The summed E-state index contributed by atoms with van der Waals surface area (Å²) in [5.74, 6) is -0.176. The molecule has 1 saturated heterocycles. The number of methoxy groups -OCH3 is 1. The van der Waals surface area contributed by atoms with Gasteiger partial charge in [0, 0.05) is 17.2 Å². The number of hydrogen-bond donors (Lipinski definition) is 6. The molecule has 0 radical (unpaired) electrons. The summed E-state index contributed by atoms with van der Waals surface area (Å²) in [6, 6.07) is 11.3. The molecule has 14 nitrogen and oxygen atoms in total. The predicted molar refractivity (Wildman–Crippen MR) is 146 cm³/mol. The lowest BCUT2D eigenvalue weighted by Gasteiger charge is -2.18. The van der Waals surface area contributed by atoms with Crippen molar-refractivity contribution in [2.75, 3.05) is 24.5 Å². The number of rotatable bonds is 9. The normalized spacial score (nSPS) is 23.0. The number of fused-ring (bicyclic) bond motifs is 2. The van der Waals surface area contributed by atoms with Crippen LogP contribution in [-0.4, -0.2) is 81.9 Å². The summed E-state index contributed by atoms with van der Waals surface area (Å²) in [5, 5.41) is 26.1. The molecule has 40 heavy (non-hydrogen) atoms. The van der Waals surface area contributed by atoms with Gasteiger partial charge in [0.1, 0.15) is 23.9 Å². The average molecular weight is 614 g/mol. The summed E-state index contributed by atoms with van der Waals surface area (Å²) in [7, 11) is -7.33. The third-order valence-electron chi connectivity index (χ3n) is 6.50. The highest BCUT2D eigenvalue weighted by molar-refractivity contribution is 7.72. The van der Waals surface area contributed by atoms with Crippen LogP contribution in [0, 0.1) is 0 Å². The molecule has 2 aromatic carbocycles. The van der Waals surface area contributed by atoms with E-state index in [0.29, 0.717) is 11.2 Å². The van der Waals surface area contributed by atoms with Crippen LogP contribution in [0.15, 0.2) is 42.7 Å². The number of anilines is 2. The largest absolute Gasteiger partial charge is 0.496 e. The standard InChI is InChI=1S/C23H26ClN5O9P2/c1-37-15-4-2-3-12-9-13(5-6-14(12)15)26-20-17-21(28-23(24)27-20)29(10-25-17)22-19(31)18(30)16(38-22)7-8-39(32,33)11-40(34,35)36/h2-6,9-10,16,18-19,22,30-31H,7-8,11H2,1H3,(H,32,33)(H,26,27,28)(H2,34,35,36)/t16-,18?,19+,22-/m1/s1. The highest BCUT2D eigenvalue weighted by atomic mass is 35.5. The lowest BCUT2D eigenvalue weighted by Crippen LogP contribution is -2.32. The SMILES string of the molecule is COc1cccc2cc(Nc3nc(Cl)nc4c3ncn4[C@@H]3O[C@H](CCP(=O)(O)CP(=O)(O)O)C(O)[C@@H]3O)ccc12. The molecule has 4 aromatic rings. The molecule has 0 amide bonds. The highest BCUT2D eigenvalue weighted by Crippen LogP contribution is 2.55. The van der Waals surface area contributed by atoms with E-state index in [9.17, 15) is 24.2 Å². The van der Waals surface area contributed by atoms with Gasteiger partial charge in [-0.1, -0.05) is 12.1 Å². The van der Waals surface area contributed by atoms with Crippen LogP contribution in [0.3, 0.4) is 0 Å². The van der Waals surface area contributed by atoms with Crippen LogP contribution in [0.1, 0.15) is 12.6 Å². The number of aliphatic hydroxyl groups excluding tert-OH is 2. The Morgan fingerprint density at radius 2 is 1.90 bits per heavy atom. The fourth-order valence-electron chi connectivity index (χ4n) is 4.69. The monoisotopic (exact) mass is 613 g/mol. The van der Waals surface area contributed by atoms with E-state index in [0.717, 1.165) is 16.5 Å². The summed E-state index contributed by atoms with van der Waals surface area (Å²) < 4.78 is 35.9. The smallest absolute Gasteiger partial charge is 0.335 e. The second-order valence-electron chi connectivity index (χ2n) is 9.40. The predicted octanol–water partition coefficient (Wildman–Crippen LogP) is 2.80. The van der Waals surface area contributed by atoms with Crippen LogP contribution >= 0.6 is 26.6 Å². The molecule has 5 rings (SSSR count). The molecule has 0 spiro atoms. The lowest BCUT2D eigenvalue weighted by atomic mass is 10.1. The summed E-state index contributed by atoms with van der Waals surface area (Å²) in [6.07, 6.45) is -4.63. The summed E-state index contributed by atoms with van der Waals surface area (Å²) >= 11 is 6.21. The zero-order valence-electron chi connectivity index (χ0n) is 20.9. The van der Waals surface area contributed by atoms with E-state index in [-0.39, 0.29) is 23.2 Å². The van der Waals surface area contributed by atoms with Crippen molar-refractivity contribution in [3.63, 3.8) is 0 Å². The van der Waals surface area contributed by atoms with Crippen molar-refractivity contribution in [2.45, 2.75) is 31.0 Å². The molecular weight excluding hydrogens is 588 g/mol. The van der Waals surface area contributed by atoms with Crippen molar-refractivity contribution in [2.24, 2.45) is 0 Å². The van der Waals surface area contributed by atoms with Crippen molar-refractivity contribution < 1.29 is 43.5 Å². The first-order chi connectivity index (χ1) is 18.8. The van der Waals surface area contributed by atoms with Gasteiger partial charge in [-0.3, -0.25) is 13.7 Å². The summed E-state index contributed by atoms with van der Waals surface area (Å²) in [6.45, 7) is 0. The van der Waals surface area contributed by atoms with Gasteiger partial charge in [0.2, 0.25) is 12.7 Å². The maximum atomic E-state index is 12.2. The van der Waals surface area contributed by atoms with E-state index in [2.05, 4.69) is 20.3 Å². The van der Waals surface area contributed by atoms with Crippen molar-refractivity contribution >= 4 is 60.0 Å². The van der Waals surface area contributed by atoms with Gasteiger partial charge >= 0.3 is 7.60 Å². The van der Waals surface area contributed by atoms with Gasteiger partial charge in [-0.2, -0.15) is 9.97 Å². The molecule has 0 aliphatic carbocycles. The van der Waals surface area contributed by atoms with Crippen LogP contribution < -0.4 is 10.1 Å². The molecule has 3 heterocycles. The number of nitrogens with one attached hydrogen (secondary N) is 1. The van der Waals surface area contributed by atoms with Gasteiger partial charge in [-0.25, -0.2) is 4.98 Å². The van der Waals surface area contributed by atoms with Gasteiger partial charge < -0.3 is 39.7 Å². The van der Waals surface area contributed by atoms with E-state index in [1.807, 2.05) is 36.4 Å². The Hall–Kier alpha value is -2.64. The van der Waals surface area contributed by atoms with Crippen LogP contribution in [0.5, 0.6) is 5.75 Å². The van der Waals surface area contributed by atoms with Gasteiger partial charge in [0.05, 0.1) is 19.5 Å². The average Bonchev–Trinajstić information content (AvgIpc) is 3.41. The molecule has 2 unspecified atom stereocenters. The number of aromatic nitrogens is 4. The van der Waals surface area contributed by atoms with E-state index < -0.39 is 51.6 Å². The summed E-state index contributed by atoms with van der Waals surface area (Å²) in [4.78, 5) is 40.8. The first-order valence-corrected chi connectivity index (χ1v) is 16.2. The minimum atomic E-state index is -4.72. The topological polar surface area (TPSA) is 209 Å². The molecule has 1 aliphatic rings. The van der Waals surface area contributed by atoms with E-state index in [1.165, 1.54) is 10.9 Å². The molecule has 1 aliphatic heterocycles. The second kappa shape index (κ2) is 11.0. The van der Waals surface area contributed by atoms with Crippen LogP contribution in [-0.2, 0) is 13.9 Å². The number of aliphatic hydroxyl groups is 2. The van der Waals surface area contributed by atoms with Gasteiger partial charge in [0.25, 0.3) is 0 Å². The molecule has 2 aromatic heterocycles. The van der Waals surface area contributed by atoms with Crippen LogP contribution in [0.2, 0.25) is 5.28 Å². The Kier molecular flexibility index (Phi) is 7.92. The molecule has 5 atom stereocenters. The quantitative estimate of drug-likeness (QED) is 0.119. The minimum absolute atomic E-state index is 0.123. The highest BCUT2D eigenvalue weighted by Gasteiger charge is 2.45. The molecule has 6 N–H and O–H groups in total. The number of nitrogens with zero attached hydrogens (tertiary/aromatic N) is 4. The molecule has 214 valence electrons. The first kappa shape index (κ1) is 28.9. The maximum absolute atomic E-state index is 12.2. The Bertz CT molecular complexity index is 1660. The minimum Gasteiger partial charge on any atom is -0.496 e. The Balaban J connectivity index is 1.39. The number of ether oxygens (including phenoxy) is 2. The van der Waals surface area contributed by atoms with E-state index in [4.69, 9.17) is 30.9 Å². The van der Waals surface area contributed by atoms with Crippen molar-refractivity contribution in [3.05, 3.63) is 48.0 Å². The molecule has 1 fully saturated rings. The van der Waals surface area contributed by atoms with E-state index in [1.54, 1.807) is 7.11 Å². The van der Waals surface area contributed by atoms with Gasteiger partial charge in [-0.15, -0.1) is 0 Å². The molecule has 0 saturated carbocycles. The molecule has 0 bridgehead atoms. The van der Waals surface area contributed by atoms with Crippen molar-refractivity contribution in [3.8, 4) is 5.75 Å². The Morgan fingerprint density at radius 3 is 2.62 bits per heavy atom. The third kappa shape index (κ3) is 6.01. The van der Waals surface area contributed by atoms with Crippen molar-refractivity contribution in [1.82, 2.24) is 19.5 Å². The third-order valence-corrected chi connectivity index (χ3v) is 10.9. The Morgan fingerprint density at radius 1 is 1.12 bits per heavy atom. The first-order valence-electron chi connectivity index (χ1n) is 12.0. The fourth-order valence-corrected chi connectivity index (χ4v) is 8.39. The van der Waals surface area contributed by atoms with Crippen LogP contribution in [0.4, 0.5) is 11.5 Å². The Labute approximate surface area is 232 Å². The number of halogens is 1. The fraction of sp³-hybridized carbons (Fsp3) is 0.348. The zero-order valence-corrected chi connectivity index (χ0v) is 23.4. The lowest BCUT2D eigenvalue weighted by molar-refractivity contribution is -0.0354. The molecular formula is C23H26ClN5O9P2. The number of benzene rings is 2. The molecule has 17 heteroatoms. The second-order valence-corrected chi connectivity index (χ2v) is 14.3. The maximum Gasteiger partial charge on any atom is 0.335 e. The van der Waals surface area contributed by atoms with Gasteiger partial charge in [0.15, 0.2) is 23.2 Å². The van der Waals surface area contributed by atoms with Gasteiger partial charge in [-0.05, 0) is 47.7 Å². The van der Waals surface area contributed by atoms with E-state index >= 15 is 0 Å². The number of hydrogen-bond acceptors (Lipinski definition) is 10. The van der Waals surface area contributed by atoms with Crippen LogP contribution in [0.25, 0.3) is 21.9 Å². The zero-order chi connectivity index (χ0) is 28.8. The summed E-state index contributed by atoms with van der Waals surface area (Å²) in [5.41, 5.74) is 1.17. The van der Waals surface area contributed by atoms with Crippen molar-refractivity contribution in [1.29, 1.82) is 0 Å².